The fraction of sp³-hybridized carbons (Fsp3) is 0.943. The van der Waals surface area contributed by atoms with E-state index in [9.17, 15) is 19.8 Å². The summed E-state index contributed by atoms with van der Waals surface area (Å²) in [5, 5.41) is 23.4. The van der Waals surface area contributed by atoms with Gasteiger partial charge in [-0.05, 0) is 51.4 Å². The highest BCUT2D eigenvalue weighted by Crippen LogP contribution is 2.19. The Morgan fingerprint density at radius 2 is 0.618 bits per heavy atom. The largest absolute Gasteiger partial charge is 0.466 e. The number of allylic oxidation sites excluding steroid dienone is 2. The molecule has 0 aromatic carbocycles. The Kier molecular flexibility index (Phi) is 64.9. The summed E-state index contributed by atoms with van der Waals surface area (Å²) in [6, 6.07) is -0.546. The number of hydrogen-bond acceptors (Lipinski definition) is 5. The molecule has 0 radical (unpaired) electrons. The van der Waals surface area contributed by atoms with Crippen molar-refractivity contribution < 1.29 is 24.5 Å². The molecule has 0 aliphatic rings. The van der Waals surface area contributed by atoms with Crippen molar-refractivity contribution in [3.05, 3.63) is 12.2 Å². The molecule has 0 rings (SSSR count). The number of amides is 1. The molecule has 6 nitrogen and oxygen atoms in total. The average molecular weight is 1070 g/mol. The van der Waals surface area contributed by atoms with Gasteiger partial charge in [0.05, 0.1) is 25.4 Å². The maximum Gasteiger partial charge on any atom is 0.305 e. The second-order valence-corrected chi connectivity index (χ2v) is 24.2. The maximum absolute atomic E-state index is 12.5. The Morgan fingerprint density at radius 1 is 0.355 bits per heavy atom. The average Bonchev–Trinajstić information content (AvgIpc) is 3.42. The number of aliphatic hydroxyl groups excluding tert-OH is 2. The molecule has 0 bridgehead atoms. The minimum atomic E-state index is -0.668. The summed E-state index contributed by atoms with van der Waals surface area (Å²) in [5.74, 6) is -0.0202. The van der Waals surface area contributed by atoms with Crippen LogP contribution in [-0.2, 0) is 14.3 Å². The molecule has 6 heteroatoms. The van der Waals surface area contributed by atoms with Crippen molar-refractivity contribution in [3.63, 3.8) is 0 Å². The molecule has 0 aliphatic heterocycles. The molecule has 0 aromatic rings. The standard InChI is InChI=1S/C70H137NO5/c1-3-5-7-9-11-13-15-17-19-21-30-34-38-42-46-50-54-58-62-68(73)67(66-72)71-69(74)63-59-55-51-47-43-39-35-31-28-26-24-23-25-27-29-33-37-41-45-49-53-57-61-65-76-70(75)64-60-56-52-48-44-40-36-32-22-20-18-16-14-12-10-8-6-4-2/h26,28,67-68,72-73H,3-25,27,29-66H2,1-2H3,(H,71,74)/b28-26-. The first-order valence-corrected chi connectivity index (χ1v) is 34.9. The molecule has 76 heavy (non-hydrogen) atoms. The monoisotopic (exact) mass is 1070 g/mol. The number of hydrogen-bond donors (Lipinski definition) is 3. The Labute approximate surface area is 476 Å². The zero-order chi connectivity index (χ0) is 55.0. The molecular formula is C70H137NO5. The van der Waals surface area contributed by atoms with E-state index in [1.807, 2.05) is 0 Å². The Bertz CT molecular complexity index is 1140. The van der Waals surface area contributed by atoms with Gasteiger partial charge in [0.15, 0.2) is 0 Å². The van der Waals surface area contributed by atoms with Crippen molar-refractivity contribution in [2.75, 3.05) is 13.2 Å². The molecule has 452 valence electrons. The van der Waals surface area contributed by atoms with Gasteiger partial charge in [0.25, 0.3) is 0 Å². The zero-order valence-corrected chi connectivity index (χ0v) is 51.8. The van der Waals surface area contributed by atoms with Gasteiger partial charge in [-0.25, -0.2) is 0 Å². The molecule has 3 N–H and O–H groups in total. The molecule has 0 spiro atoms. The fourth-order valence-corrected chi connectivity index (χ4v) is 11.2. The van der Waals surface area contributed by atoms with Crippen molar-refractivity contribution in [3.8, 4) is 0 Å². The molecule has 2 unspecified atom stereocenters. The van der Waals surface area contributed by atoms with Gasteiger partial charge in [0.1, 0.15) is 0 Å². The lowest BCUT2D eigenvalue weighted by Crippen LogP contribution is -2.45. The second kappa shape index (κ2) is 66.1. The van der Waals surface area contributed by atoms with Crippen molar-refractivity contribution in [1.82, 2.24) is 5.32 Å². The smallest absolute Gasteiger partial charge is 0.305 e. The van der Waals surface area contributed by atoms with Gasteiger partial charge in [-0.2, -0.15) is 0 Å². The maximum atomic E-state index is 12.5. The lowest BCUT2D eigenvalue weighted by atomic mass is 10.0. The van der Waals surface area contributed by atoms with Gasteiger partial charge in [-0.3, -0.25) is 9.59 Å². The minimum Gasteiger partial charge on any atom is -0.466 e. The summed E-state index contributed by atoms with van der Waals surface area (Å²) >= 11 is 0. The van der Waals surface area contributed by atoms with E-state index in [0.29, 0.717) is 25.9 Å². The van der Waals surface area contributed by atoms with E-state index >= 15 is 0 Å². The van der Waals surface area contributed by atoms with E-state index in [2.05, 4.69) is 31.3 Å². The summed E-state index contributed by atoms with van der Waals surface area (Å²) in [4.78, 5) is 24.6. The third-order valence-electron chi connectivity index (χ3n) is 16.6. The van der Waals surface area contributed by atoms with Gasteiger partial charge < -0.3 is 20.3 Å². The van der Waals surface area contributed by atoms with Gasteiger partial charge in [0.2, 0.25) is 5.91 Å². The Morgan fingerprint density at radius 3 is 0.934 bits per heavy atom. The molecule has 0 aromatic heterocycles. The normalized spacial score (nSPS) is 12.5. The quantitative estimate of drug-likeness (QED) is 0.0320. The number of ether oxygens (including phenoxy) is 1. The molecule has 0 aliphatic carbocycles. The van der Waals surface area contributed by atoms with Crippen molar-refractivity contribution in [1.29, 1.82) is 0 Å². The second-order valence-electron chi connectivity index (χ2n) is 24.2. The molecular weight excluding hydrogens is 935 g/mol. The van der Waals surface area contributed by atoms with Gasteiger partial charge >= 0.3 is 5.97 Å². The van der Waals surface area contributed by atoms with E-state index in [1.54, 1.807) is 0 Å². The predicted octanol–water partition coefficient (Wildman–Crippen LogP) is 22.4. The van der Waals surface area contributed by atoms with Crippen LogP contribution in [0.5, 0.6) is 0 Å². The Balaban J connectivity index is 3.38. The third kappa shape index (κ3) is 61.8. The van der Waals surface area contributed by atoms with Crippen molar-refractivity contribution in [2.45, 2.75) is 411 Å². The van der Waals surface area contributed by atoms with Gasteiger partial charge in [-0.1, -0.05) is 347 Å². The van der Waals surface area contributed by atoms with E-state index < -0.39 is 12.1 Å². The number of unbranched alkanes of at least 4 members (excludes halogenated alkanes) is 53. The summed E-state index contributed by atoms with van der Waals surface area (Å²) in [6.07, 6.45) is 81.1. The van der Waals surface area contributed by atoms with Crippen LogP contribution in [0.3, 0.4) is 0 Å². The highest BCUT2D eigenvalue weighted by molar-refractivity contribution is 5.76. The molecule has 0 saturated heterocycles. The molecule has 1 amide bonds. The molecule has 0 saturated carbocycles. The predicted molar refractivity (Wildman–Crippen MR) is 333 cm³/mol. The number of esters is 1. The number of carbonyl (C=O) groups is 2. The SMILES string of the molecule is CCCCCCCCCCCCCCCCCCCCC(=O)OCCCCCCCCCCCCCC/C=C\CCCCCCCCCC(=O)NC(CO)C(O)CCCCCCCCCCCCCCCCCCCC. The van der Waals surface area contributed by atoms with Gasteiger partial charge in [0, 0.05) is 12.8 Å². The van der Waals surface area contributed by atoms with E-state index in [-0.39, 0.29) is 18.5 Å². The number of nitrogens with one attached hydrogen (secondary N) is 1. The Hall–Kier alpha value is -1.40. The van der Waals surface area contributed by atoms with Crippen molar-refractivity contribution in [2.24, 2.45) is 0 Å². The number of carbonyl (C=O) groups excluding carboxylic acids is 2. The third-order valence-corrected chi connectivity index (χ3v) is 16.6. The molecule has 2 atom stereocenters. The van der Waals surface area contributed by atoms with Gasteiger partial charge in [-0.15, -0.1) is 0 Å². The van der Waals surface area contributed by atoms with Crippen molar-refractivity contribution >= 4 is 11.9 Å². The highest BCUT2D eigenvalue weighted by Gasteiger charge is 2.20. The fourth-order valence-electron chi connectivity index (χ4n) is 11.2. The zero-order valence-electron chi connectivity index (χ0n) is 51.8. The lowest BCUT2D eigenvalue weighted by Gasteiger charge is -2.22. The summed E-state index contributed by atoms with van der Waals surface area (Å²) < 4.78 is 5.51. The van der Waals surface area contributed by atoms with Crippen LogP contribution in [0.1, 0.15) is 399 Å². The van der Waals surface area contributed by atoms with Crippen LogP contribution in [0.15, 0.2) is 12.2 Å². The first-order chi connectivity index (χ1) is 37.5. The van der Waals surface area contributed by atoms with Crippen LogP contribution in [0.2, 0.25) is 0 Å². The first kappa shape index (κ1) is 74.6. The van der Waals surface area contributed by atoms with Crippen LogP contribution in [0, 0.1) is 0 Å². The molecule has 0 heterocycles. The lowest BCUT2D eigenvalue weighted by molar-refractivity contribution is -0.143. The summed E-state index contributed by atoms with van der Waals surface area (Å²) in [6.45, 7) is 5.00. The number of rotatable bonds is 66. The van der Waals surface area contributed by atoms with Crippen LogP contribution < -0.4 is 5.32 Å². The number of aliphatic hydroxyl groups is 2. The summed E-state index contributed by atoms with van der Waals surface area (Å²) in [5.41, 5.74) is 0. The van der Waals surface area contributed by atoms with E-state index in [1.165, 1.54) is 327 Å². The molecule has 0 fully saturated rings. The van der Waals surface area contributed by atoms with Crippen LogP contribution in [0.4, 0.5) is 0 Å². The van der Waals surface area contributed by atoms with E-state index in [0.717, 1.165) is 38.5 Å². The van der Waals surface area contributed by atoms with Crippen LogP contribution in [-0.4, -0.2) is 47.4 Å². The summed E-state index contributed by atoms with van der Waals surface area (Å²) in [7, 11) is 0. The van der Waals surface area contributed by atoms with E-state index in [4.69, 9.17) is 4.74 Å². The first-order valence-electron chi connectivity index (χ1n) is 34.9. The highest BCUT2D eigenvalue weighted by atomic mass is 16.5. The van der Waals surface area contributed by atoms with Crippen LogP contribution >= 0.6 is 0 Å². The topological polar surface area (TPSA) is 95.9 Å². The minimum absolute atomic E-state index is 0.0171. The van der Waals surface area contributed by atoms with Crippen LogP contribution in [0.25, 0.3) is 0 Å².